The average Bonchev–Trinajstić information content (AvgIpc) is 2.70. The fourth-order valence-corrected chi connectivity index (χ4v) is 4.07. The molecule has 2 aliphatic rings. The zero-order chi connectivity index (χ0) is 19.6. The number of carbonyl (C=O) groups is 2. The second-order valence-corrected chi connectivity index (χ2v) is 7.96. The molecule has 28 heavy (non-hydrogen) atoms. The SMILES string of the molecule is CC1(C(=O)NC2CCN(Cc3ccccc3)CC2)Cc2ccccc2C(=O)O1. The lowest BCUT2D eigenvalue weighted by Gasteiger charge is -2.37. The third-order valence-corrected chi connectivity index (χ3v) is 5.74. The first-order valence-corrected chi connectivity index (χ1v) is 9.92. The molecule has 1 fully saturated rings. The van der Waals surface area contributed by atoms with Crippen LogP contribution in [0, 0.1) is 0 Å². The monoisotopic (exact) mass is 378 g/mol. The molecule has 5 heteroatoms. The van der Waals surface area contributed by atoms with Crippen LogP contribution >= 0.6 is 0 Å². The minimum atomic E-state index is -1.15. The Morgan fingerprint density at radius 1 is 1.11 bits per heavy atom. The summed E-state index contributed by atoms with van der Waals surface area (Å²) in [5, 5.41) is 3.12. The van der Waals surface area contributed by atoms with Gasteiger partial charge in [-0.2, -0.15) is 0 Å². The van der Waals surface area contributed by atoms with Gasteiger partial charge in [-0.3, -0.25) is 9.69 Å². The van der Waals surface area contributed by atoms with Gasteiger partial charge in [0, 0.05) is 32.1 Å². The molecule has 2 aromatic rings. The lowest BCUT2D eigenvalue weighted by atomic mass is 9.89. The minimum absolute atomic E-state index is 0.118. The number of carbonyl (C=O) groups excluding carboxylic acids is 2. The number of hydrogen-bond acceptors (Lipinski definition) is 4. The number of nitrogens with zero attached hydrogens (tertiary/aromatic N) is 1. The van der Waals surface area contributed by atoms with Gasteiger partial charge < -0.3 is 10.1 Å². The maximum absolute atomic E-state index is 12.9. The quantitative estimate of drug-likeness (QED) is 0.831. The van der Waals surface area contributed by atoms with Crippen LogP contribution in [0.15, 0.2) is 54.6 Å². The molecule has 4 rings (SSSR count). The van der Waals surface area contributed by atoms with Gasteiger partial charge >= 0.3 is 5.97 Å². The van der Waals surface area contributed by atoms with Gasteiger partial charge in [0.15, 0.2) is 5.60 Å². The number of benzene rings is 2. The van der Waals surface area contributed by atoms with Gasteiger partial charge in [0.2, 0.25) is 0 Å². The Balaban J connectivity index is 1.33. The highest BCUT2D eigenvalue weighted by atomic mass is 16.6. The van der Waals surface area contributed by atoms with Crippen molar-refractivity contribution in [3.8, 4) is 0 Å². The van der Waals surface area contributed by atoms with Gasteiger partial charge in [0.25, 0.3) is 5.91 Å². The lowest BCUT2D eigenvalue weighted by molar-refractivity contribution is -0.140. The standard InChI is InChI=1S/C23H26N2O3/c1-23(15-18-9-5-6-10-20(18)21(26)28-23)22(27)24-19-11-13-25(14-12-19)16-17-7-3-2-4-8-17/h2-10,19H,11-16H2,1H3,(H,24,27). The normalized spacial score (nSPS) is 23.0. The summed E-state index contributed by atoms with van der Waals surface area (Å²) in [4.78, 5) is 27.6. The Kier molecular flexibility index (Phi) is 5.18. The van der Waals surface area contributed by atoms with Crippen molar-refractivity contribution >= 4 is 11.9 Å². The van der Waals surface area contributed by atoms with Crippen LogP contribution < -0.4 is 5.32 Å². The molecule has 1 amide bonds. The number of likely N-dealkylation sites (tertiary alicyclic amines) is 1. The van der Waals surface area contributed by atoms with Crippen molar-refractivity contribution in [2.75, 3.05) is 13.1 Å². The Labute approximate surface area is 165 Å². The maximum atomic E-state index is 12.9. The van der Waals surface area contributed by atoms with E-state index in [4.69, 9.17) is 4.74 Å². The first-order chi connectivity index (χ1) is 13.5. The van der Waals surface area contributed by atoms with Gasteiger partial charge in [0.05, 0.1) is 5.56 Å². The number of amides is 1. The van der Waals surface area contributed by atoms with Gasteiger partial charge in [-0.05, 0) is 37.0 Å². The molecule has 1 saturated heterocycles. The zero-order valence-electron chi connectivity index (χ0n) is 16.2. The number of rotatable bonds is 4. The fraction of sp³-hybridized carbons (Fsp3) is 0.391. The number of ether oxygens (including phenoxy) is 1. The van der Waals surface area contributed by atoms with Crippen molar-refractivity contribution in [1.82, 2.24) is 10.2 Å². The van der Waals surface area contributed by atoms with E-state index in [1.165, 1.54) is 5.56 Å². The highest BCUT2D eigenvalue weighted by Crippen LogP contribution is 2.28. The summed E-state index contributed by atoms with van der Waals surface area (Å²) >= 11 is 0. The third kappa shape index (κ3) is 3.94. The van der Waals surface area contributed by atoms with E-state index in [0.717, 1.165) is 38.0 Å². The van der Waals surface area contributed by atoms with Crippen molar-refractivity contribution in [3.05, 3.63) is 71.3 Å². The molecule has 0 aromatic heterocycles. The molecule has 1 unspecified atom stereocenters. The summed E-state index contributed by atoms with van der Waals surface area (Å²) in [5.74, 6) is -0.617. The smallest absolute Gasteiger partial charge is 0.339 e. The van der Waals surface area contributed by atoms with Gasteiger partial charge in [-0.1, -0.05) is 48.5 Å². The fourth-order valence-electron chi connectivity index (χ4n) is 4.07. The number of hydrogen-bond donors (Lipinski definition) is 1. The van der Waals surface area contributed by atoms with Crippen molar-refractivity contribution < 1.29 is 14.3 Å². The average molecular weight is 378 g/mol. The van der Waals surface area contributed by atoms with E-state index in [1.807, 2.05) is 24.3 Å². The molecule has 0 bridgehead atoms. The number of fused-ring (bicyclic) bond motifs is 1. The molecule has 0 radical (unpaired) electrons. The van der Waals surface area contributed by atoms with Crippen LogP contribution in [0.4, 0.5) is 0 Å². The summed E-state index contributed by atoms with van der Waals surface area (Å²) in [6.45, 7) is 4.53. The summed E-state index contributed by atoms with van der Waals surface area (Å²) in [7, 11) is 0. The molecule has 0 aliphatic carbocycles. The van der Waals surface area contributed by atoms with Gasteiger partial charge in [-0.15, -0.1) is 0 Å². The Hall–Kier alpha value is -2.66. The van der Waals surface area contributed by atoms with E-state index in [9.17, 15) is 9.59 Å². The summed E-state index contributed by atoms with van der Waals surface area (Å²) < 4.78 is 5.54. The molecule has 146 valence electrons. The van der Waals surface area contributed by atoms with Crippen molar-refractivity contribution in [3.63, 3.8) is 0 Å². The Morgan fingerprint density at radius 2 is 1.79 bits per heavy atom. The van der Waals surface area contributed by atoms with Crippen molar-refractivity contribution in [1.29, 1.82) is 0 Å². The van der Waals surface area contributed by atoms with E-state index in [0.29, 0.717) is 12.0 Å². The maximum Gasteiger partial charge on any atom is 0.339 e. The third-order valence-electron chi connectivity index (χ3n) is 5.74. The van der Waals surface area contributed by atoms with Gasteiger partial charge in [-0.25, -0.2) is 4.79 Å². The first kappa shape index (κ1) is 18.7. The molecule has 2 aliphatic heterocycles. The van der Waals surface area contributed by atoms with Crippen LogP contribution in [0.1, 0.15) is 41.3 Å². The van der Waals surface area contributed by atoms with Crippen LogP contribution in [-0.4, -0.2) is 41.5 Å². The van der Waals surface area contributed by atoms with E-state index in [-0.39, 0.29) is 11.9 Å². The predicted octanol–water partition coefficient (Wildman–Crippen LogP) is 2.94. The van der Waals surface area contributed by atoms with E-state index >= 15 is 0 Å². The van der Waals surface area contributed by atoms with Crippen molar-refractivity contribution in [2.45, 2.75) is 44.4 Å². The lowest BCUT2D eigenvalue weighted by Crippen LogP contribution is -2.55. The summed E-state index contributed by atoms with van der Waals surface area (Å²) in [6.07, 6.45) is 2.21. The number of piperidine rings is 1. The molecule has 0 spiro atoms. The highest BCUT2D eigenvalue weighted by molar-refractivity contribution is 5.97. The Morgan fingerprint density at radius 3 is 2.54 bits per heavy atom. The Bertz CT molecular complexity index is 859. The molecule has 0 saturated carbocycles. The van der Waals surface area contributed by atoms with E-state index in [1.54, 1.807) is 13.0 Å². The summed E-state index contributed by atoms with van der Waals surface area (Å²) in [6, 6.07) is 17.9. The van der Waals surface area contributed by atoms with Crippen LogP contribution in [0.5, 0.6) is 0 Å². The number of esters is 1. The van der Waals surface area contributed by atoms with Crippen LogP contribution in [0.2, 0.25) is 0 Å². The zero-order valence-corrected chi connectivity index (χ0v) is 16.2. The molecule has 5 nitrogen and oxygen atoms in total. The first-order valence-electron chi connectivity index (χ1n) is 9.92. The molecule has 2 aromatic carbocycles. The van der Waals surface area contributed by atoms with Crippen molar-refractivity contribution in [2.24, 2.45) is 0 Å². The molecular formula is C23H26N2O3. The summed E-state index contributed by atoms with van der Waals surface area (Å²) in [5.41, 5.74) is 1.59. The largest absolute Gasteiger partial charge is 0.445 e. The predicted molar refractivity (Wildman–Crippen MR) is 107 cm³/mol. The molecule has 2 heterocycles. The van der Waals surface area contributed by atoms with Crippen LogP contribution in [0.25, 0.3) is 0 Å². The number of cyclic esters (lactones) is 1. The second-order valence-electron chi connectivity index (χ2n) is 7.96. The highest BCUT2D eigenvalue weighted by Gasteiger charge is 2.43. The topological polar surface area (TPSA) is 58.6 Å². The van der Waals surface area contributed by atoms with Gasteiger partial charge in [0.1, 0.15) is 0 Å². The second kappa shape index (κ2) is 7.76. The van der Waals surface area contributed by atoms with Crippen LogP contribution in [0.3, 0.4) is 0 Å². The molecular weight excluding hydrogens is 352 g/mol. The van der Waals surface area contributed by atoms with Crippen LogP contribution in [-0.2, 0) is 22.5 Å². The number of nitrogens with one attached hydrogen (secondary N) is 1. The van der Waals surface area contributed by atoms with E-state index in [2.05, 4.69) is 34.5 Å². The molecule has 1 atom stereocenters. The van der Waals surface area contributed by atoms with E-state index < -0.39 is 11.6 Å². The molecule has 1 N–H and O–H groups in total. The minimum Gasteiger partial charge on any atom is -0.445 e.